The number of amides is 3. The van der Waals surface area contributed by atoms with Crippen molar-refractivity contribution in [3.63, 3.8) is 0 Å². The second-order valence-electron chi connectivity index (χ2n) is 16.2. The largest absolute Gasteiger partial charge is 0.490 e. The first-order chi connectivity index (χ1) is 26.6. The van der Waals surface area contributed by atoms with Crippen LogP contribution >= 0.6 is 0 Å². The third kappa shape index (κ3) is 9.62. The maximum atomic E-state index is 14.2. The molecule has 4 aromatic carbocycles. The Labute approximate surface area is 333 Å². The number of hydrogen-bond acceptors (Lipinski definition) is 7. The molecular weight excluding hydrogens is 723 g/mol. The van der Waals surface area contributed by atoms with Crippen LogP contribution in [0.4, 0.5) is 10.5 Å². The van der Waals surface area contributed by atoms with E-state index in [1.807, 2.05) is 101 Å². The van der Waals surface area contributed by atoms with E-state index < -0.39 is 25.9 Å². The van der Waals surface area contributed by atoms with Crippen LogP contribution in [0.3, 0.4) is 0 Å². The summed E-state index contributed by atoms with van der Waals surface area (Å²) in [5, 5.41) is 1.84. The minimum absolute atomic E-state index is 0.161. The van der Waals surface area contributed by atoms with Gasteiger partial charge in [-0.05, 0) is 92.2 Å². The summed E-state index contributed by atoms with van der Waals surface area (Å²) in [5.41, 5.74) is 7.77. The number of anilines is 1. The Morgan fingerprint density at radius 1 is 0.839 bits per heavy atom. The average molecular weight is 780 g/mol. The van der Waals surface area contributed by atoms with Crippen LogP contribution in [0.25, 0.3) is 0 Å². The van der Waals surface area contributed by atoms with E-state index in [9.17, 15) is 14.4 Å². The Kier molecular flexibility index (Phi) is 13.3. The van der Waals surface area contributed by atoms with Gasteiger partial charge in [-0.25, -0.2) is 4.79 Å². The van der Waals surface area contributed by atoms with E-state index in [-0.39, 0.29) is 42.3 Å². The molecule has 4 aromatic rings. The standard InChI is InChI=1S/C45H57N3O7Si/c1-9-52-38-22-16-17-23-39(38)53-27-26-47(43(51)55-44(3,4)5)32(2)28-33-29-34-24-25-48(41(34)37(30-33)42(46)50)40(49)31-54-56(45(6,7)8,35-18-12-10-13-19-35)36-20-14-11-15-21-36/h10-23,29-30,32H,9,24-28,31H2,1-8H3,(H2,46,50). The van der Waals surface area contributed by atoms with Crippen LogP contribution in [0.1, 0.15) is 76.9 Å². The Hall–Kier alpha value is -5.13. The van der Waals surface area contributed by atoms with E-state index in [4.69, 9.17) is 24.4 Å². The molecule has 11 heteroatoms. The second-order valence-corrected chi connectivity index (χ2v) is 20.5. The van der Waals surface area contributed by atoms with Gasteiger partial charge in [0, 0.05) is 12.6 Å². The molecule has 0 spiro atoms. The van der Waals surface area contributed by atoms with Crippen molar-refractivity contribution in [2.24, 2.45) is 5.73 Å². The van der Waals surface area contributed by atoms with Gasteiger partial charge >= 0.3 is 6.09 Å². The highest BCUT2D eigenvalue weighted by Crippen LogP contribution is 2.38. The maximum absolute atomic E-state index is 14.2. The van der Waals surface area contributed by atoms with Crippen molar-refractivity contribution in [2.75, 3.05) is 37.8 Å². The lowest BCUT2D eigenvalue weighted by Crippen LogP contribution is -2.67. The summed E-state index contributed by atoms with van der Waals surface area (Å²) in [6.07, 6.45) is 0.486. The molecule has 0 aromatic heterocycles. The maximum Gasteiger partial charge on any atom is 0.410 e. The third-order valence-electron chi connectivity index (χ3n) is 9.95. The molecule has 0 bridgehead atoms. The van der Waals surface area contributed by atoms with E-state index >= 15 is 0 Å². The Balaban J connectivity index is 1.38. The van der Waals surface area contributed by atoms with Gasteiger partial charge in [-0.1, -0.05) is 99.6 Å². The summed E-state index contributed by atoms with van der Waals surface area (Å²) in [6, 6.07) is 31.2. The van der Waals surface area contributed by atoms with Crippen LogP contribution in [-0.4, -0.2) is 75.7 Å². The molecule has 10 nitrogen and oxygen atoms in total. The fraction of sp³-hybridized carbons (Fsp3) is 0.400. The summed E-state index contributed by atoms with van der Waals surface area (Å²) < 4.78 is 24.5. The zero-order valence-electron chi connectivity index (χ0n) is 34.1. The lowest BCUT2D eigenvalue weighted by atomic mass is 9.97. The van der Waals surface area contributed by atoms with Gasteiger partial charge in [0.25, 0.3) is 20.1 Å². The van der Waals surface area contributed by atoms with Gasteiger partial charge in [0.2, 0.25) is 0 Å². The first-order valence-corrected chi connectivity index (χ1v) is 21.3. The van der Waals surface area contributed by atoms with E-state index in [1.54, 1.807) is 15.9 Å². The summed E-state index contributed by atoms with van der Waals surface area (Å²) in [6.45, 7) is 17.0. The summed E-state index contributed by atoms with van der Waals surface area (Å²) >= 11 is 0. The highest BCUT2D eigenvalue weighted by atomic mass is 28.4. The van der Waals surface area contributed by atoms with Crippen molar-refractivity contribution in [2.45, 2.75) is 84.9 Å². The van der Waals surface area contributed by atoms with Gasteiger partial charge in [0.1, 0.15) is 18.8 Å². The zero-order chi connectivity index (χ0) is 40.7. The molecule has 3 amide bonds. The molecule has 1 aliphatic rings. The molecule has 56 heavy (non-hydrogen) atoms. The smallest absolute Gasteiger partial charge is 0.410 e. The number of fused-ring (bicyclic) bond motifs is 1. The molecular formula is C45H57N3O7Si. The molecule has 0 saturated carbocycles. The molecule has 0 fully saturated rings. The molecule has 1 heterocycles. The minimum Gasteiger partial charge on any atom is -0.490 e. The average Bonchev–Trinajstić information content (AvgIpc) is 3.57. The number of rotatable bonds is 15. The van der Waals surface area contributed by atoms with Crippen LogP contribution in [-0.2, 0) is 26.8 Å². The van der Waals surface area contributed by atoms with Crippen molar-refractivity contribution in [1.82, 2.24) is 4.90 Å². The van der Waals surface area contributed by atoms with Crippen molar-refractivity contribution >= 4 is 42.3 Å². The van der Waals surface area contributed by atoms with Gasteiger partial charge in [-0.15, -0.1) is 0 Å². The van der Waals surface area contributed by atoms with Gasteiger partial charge in [0.05, 0.1) is 24.4 Å². The first-order valence-electron chi connectivity index (χ1n) is 19.4. The number of nitrogens with two attached hydrogens (primary N) is 1. The van der Waals surface area contributed by atoms with Crippen LogP contribution in [0.15, 0.2) is 97.1 Å². The minimum atomic E-state index is -2.99. The molecule has 1 aliphatic heterocycles. The first kappa shape index (κ1) is 42.0. The number of benzene rings is 4. The molecule has 0 radical (unpaired) electrons. The normalized spacial score (nSPS) is 13.5. The number of carbonyl (C=O) groups excluding carboxylic acids is 3. The highest BCUT2D eigenvalue weighted by Gasteiger charge is 2.50. The number of para-hydroxylation sites is 2. The number of carbonyl (C=O) groups is 3. The van der Waals surface area contributed by atoms with E-state index in [0.717, 1.165) is 21.5 Å². The Morgan fingerprint density at radius 2 is 1.41 bits per heavy atom. The number of hydrogen-bond donors (Lipinski definition) is 1. The SMILES string of the molecule is CCOc1ccccc1OCCN(C(=O)OC(C)(C)C)C(C)Cc1cc2c(c(C(N)=O)c1)N(C(=O)CO[Si](c1ccccc1)(c1ccccc1)C(C)(C)C)CC2. The van der Waals surface area contributed by atoms with E-state index in [0.29, 0.717) is 43.2 Å². The Morgan fingerprint density at radius 3 is 1.95 bits per heavy atom. The van der Waals surface area contributed by atoms with Crippen LogP contribution in [0.2, 0.25) is 5.04 Å². The van der Waals surface area contributed by atoms with Gasteiger partial charge in [-0.2, -0.15) is 0 Å². The van der Waals surface area contributed by atoms with E-state index in [2.05, 4.69) is 45.0 Å². The second kappa shape index (κ2) is 17.8. The van der Waals surface area contributed by atoms with Gasteiger partial charge < -0.3 is 34.2 Å². The lowest BCUT2D eigenvalue weighted by molar-refractivity contribution is -0.120. The topological polar surface area (TPSA) is 121 Å². The third-order valence-corrected chi connectivity index (χ3v) is 14.9. The van der Waals surface area contributed by atoms with Crippen LogP contribution < -0.4 is 30.5 Å². The predicted molar refractivity (Wildman–Crippen MR) is 224 cm³/mol. The van der Waals surface area contributed by atoms with Crippen molar-refractivity contribution in [3.05, 3.63) is 114 Å². The van der Waals surface area contributed by atoms with Gasteiger partial charge in [-0.3, -0.25) is 9.59 Å². The van der Waals surface area contributed by atoms with Crippen LogP contribution in [0.5, 0.6) is 11.5 Å². The molecule has 1 atom stereocenters. The van der Waals surface area contributed by atoms with Crippen molar-refractivity contribution < 1.29 is 33.0 Å². The summed E-state index contributed by atoms with van der Waals surface area (Å²) in [5.74, 6) is 0.356. The molecule has 298 valence electrons. The molecule has 5 rings (SSSR count). The van der Waals surface area contributed by atoms with Gasteiger partial charge in [0.15, 0.2) is 11.5 Å². The zero-order valence-corrected chi connectivity index (χ0v) is 35.1. The Bertz CT molecular complexity index is 1940. The predicted octanol–water partition coefficient (Wildman–Crippen LogP) is 6.90. The quantitative estimate of drug-likeness (QED) is 0.131. The number of ether oxygens (including phenoxy) is 3. The molecule has 2 N–H and O–H groups in total. The molecule has 1 unspecified atom stereocenters. The number of nitrogens with zero attached hydrogens (tertiary/aromatic N) is 2. The lowest BCUT2D eigenvalue weighted by Gasteiger charge is -2.43. The molecule has 0 aliphatic carbocycles. The summed E-state index contributed by atoms with van der Waals surface area (Å²) in [7, 11) is -2.99. The van der Waals surface area contributed by atoms with E-state index in [1.165, 1.54) is 0 Å². The van der Waals surface area contributed by atoms with Crippen molar-refractivity contribution in [1.29, 1.82) is 0 Å². The highest BCUT2D eigenvalue weighted by molar-refractivity contribution is 6.99. The fourth-order valence-electron chi connectivity index (χ4n) is 7.54. The fourth-order valence-corrected chi connectivity index (χ4v) is 12.0. The van der Waals surface area contributed by atoms with Crippen LogP contribution in [0, 0.1) is 0 Å². The summed E-state index contributed by atoms with van der Waals surface area (Å²) in [4.78, 5) is 44.1. The number of primary amides is 1. The van der Waals surface area contributed by atoms with Crippen molar-refractivity contribution in [3.8, 4) is 11.5 Å². The monoisotopic (exact) mass is 779 g/mol. The molecule has 0 saturated heterocycles.